The molecule has 0 saturated heterocycles. The number of sulfonamides is 1. The maximum absolute atomic E-state index is 12.2. The van der Waals surface area contributed by atoms with Crippen LogP contribution in [0.4, 0.5) is 5.69 Å². The van der Waals surface area contributed by atoms with Crippen LogP contribution in [-0.4, -0.2) is 14.3 Å². The van der Waals surface area contributed by atoms with Gasteiger partial charge in [0, 0.05) is 17.8 Å². The van der Waals surface area contributed by atoms with Gasteiger partial charge in [-0.15, -0.1) is 0 Å². The molecule has 0 radical (unpaired) electrons. The molecule has 0 fully saturated rings. The number of amides is 1. The lowest BCUT2D eigenvalue weighted by Crippen LogP contribution is -2.23. The molecule has 0 aliphatic carbocycles. The van der Waals surface area contributed by atoms with E-state index in [1.165, 1.54) is 24.7 Å². The molecule has 20 heavy (non-hydrogen) atoms. The van der Waals surface area contributed by atoms with E-state index in [0.717, 1.165) is 5.56 Å². The Kier molecular flexibility index (Phi) is 3.07. The predicted octanol–water partition coefficient (Wildman–Crippen LogP) is 1.25. The van der Waals surface area contributed by atoms with Gasteiger partial charge in [0.2, 0.25) is 15.9 Å². The molecule has 1 aliphatic heterocycles. The van der Waals surface area contributed by atoms with Gasteiger partial charge in [0.1, 0.15) is 0 Å². The van der Waals surface area contributed by atoms with Crippen LogP contribution in [0, 0.1) is 0 Å². The quantitative estimate of drug-likeness (QED) is 0.887. The fourth-order valence-corrected chi connectivity index (χ4v) is 3.10. The molecule has 0 atom stereocenters. The number of carbonyl (C=O) groups excluding carboxylic acids is 1. The average molecular weight is 292 g/mol. The highest BCUT2D eigenvalue weighted by molar-refractivity contribution is 7.89. The standard InChI is InChI=1S/C13H12N2O4S/c16-13-6-10-5-11(1-2-12(10)15-13)20(17,18)14-7-9-3-4-19-8-9/h1-5,8,14H,6-7H2,(H,15,16). The molecule has 2 aromatic rings. The number of rotatable bonds is 4. The summed E-state index contributed by atoms with van der Waals surface area (Å²) in [6.45, 7) is 0.160. The fraction of sp³-hybridized carbons (Fsp3) is 0.154. The third-order valence-corrected chi connectivity index (χ3v) is 4.46. The van der Waals surface area contributed by atoms with Crippen LogP contribution in [0.2, 0.25) is 0 Å². The first kappa shape index (κ1) is 12.9. The molecule has 0 unspecified atom stereocenters. The number of carbonyl (C=O) groups is 1. The second-order valence-electron chi connectivity index (χ2n) is 4.50. The Hall–Kier alpha value is -2.12. The number of hydrogen-bond donors (Lipinski definition) is 2. The minimum absolute atomic E-state index is 0.124. The number of fused-ring (bicyclic) bond motifs is 1. The molecule has 2 heterocycles. The van der Waals surface area contributed by atoms with Gasteiger partial charge in [0.15, 0.2) is 0 Å². The Morgan fingerprint density at radius 3 is 2.90 bits per heavy atom. The lowest BCUT2D eigenvalue weighted by molar-refractivity contribution is -0.115. The van der Waals surface area contributed by atoms with Gasteiger partial charge in [0.25, 0.3) is 0 Å². The lowest BCUT2D eigenvalue weighted by Gasteiger charge is -2.07. The summed E-state index contributed by atoms with van der Waals surface area (Å²) in [5.41, 5.74) is 2.11. The largest absolute Gasteiger partial charge is 0.472 e. The number of anilines is 1. The Morgan fingerprint density at radius 2 is 2.15 bits per heavy atom. The maximum Gasteiger partial charge on any atom is 0.240 e. The van der Waals surface area contributed by atoms with Crippen molar-refractivity contribution in [2.24, 2.45) is 0 Å². The van der Waals surface area contributed by atoms with Gasteiger partial charge < -0.3 is 9.73 Å². The molecule has 0 saturated carbocycles. The van der Waals surface area contributed by atoms with Crippen molar-refractivity contribution in [1.29, 1.82) is 0 Å². The first-order chi connectivity index (χ1) is 9.54. The van der Waals surface area contributed by atoms with Gasteiger partial charge in [-0.3, -0.25) is 4.79 Å². The number of hydrogen-bond acceptors (Lipinski definition) is 4. The van der Waals surface area contributed by atoms with E-state index >= 15 is 0 Å². The first-order valence-electron chi connectivity index (χ1n) is 5.98. The van der Waals surface area contributed by atoms with E-state index in [2.05, 4.69) is 10.0 Å². The Morgan fingerprint density at radius 1 is 1.30 bits per heavy atom. The molecular formula is C13H12N2O4S. The minimum Gasteiger partial charge on any atom is -0.472 e. The predicted molar refractivity (Wildman–Crippen MR) is 71.5 cm³/mol. The monoisotopic (exact) mass is 292 g/mol. The van der Waals surface area contributed by atoms with E-state index in [1.807, 2.05) is 0 Å². The van der Waals surface area contributed by atoms with Crippen LogP contribution < -0.4 is 10.0 Å². The summed E-state index contributed by atoms with van der Waals surface area (Å²) in [4.78, 5) is 11.4. The summed E-state index contributed by atoms with van der Waals surface area (Å²) in [6, 6.07) is 6.29. The summed E-state index contributed by atoms with van der Waals surface area (Å²) >= 11 is 0. The van der Waals surface area contributed by atoms with Crippen molar-refractivity contribution in [3.8, 4) is 0 Å². The van der Waals surface area contributed by atoms with Crippen LogP contribution in [-0.2, 0) is 27.8 Å². The Labute approximate surface area is 115 Å². The van der Waals surface area contributed by atoms with E-state index in [9.17, 15) is 13.2 Å². The van der Waals surface area contributed by atoms with Gasteiger partial charge in [-0.1, -0.05) is 0 Å². The topological polar surface area (TPSA) is 88.4 Å². The van der Waals surface area contributed by atoms with Crippen molar-refractivity contribution in [3.63, 3.8) is 0 Å². The van der Waals surface area contributed by atoms with E-state index in [1.54, 1.807) is 12.1 Å². The van der Waals surface area contributed by atoms with Gasteiger partial charge in [-0.05, 0) is 29.8 Å². The van der Waals surface area contributed by atoms with Crippen LogP contribution >= 0.6 is 0 Å². The molecule has 1 aliphatic rings. The third kappa shape index (κ3) is 2.45. The van der Waals surface area contributed by atoms with Crippen LogP contribution in [0.5, 0.6) is 0 Å². The number of benzene rings is 1. The highest BCUT2D eigenvalue weighted by Gasteiger charge is 2.21. The minimum atomic E-state index is -3.61. The zero-order chi connectivity index (χ0) is 14.2. The molecule has 0 bridgehead atoms. The lowest BCUT2D eigenvalue weighted by atomic mass is 10.2. The molecule has 7 heteroatoms. The normalized spacial score (nSPS) is 14.1. The van der Waals surface area contributed by atoms with Crippen molar-refractivity contribution in [3.05, 3.63) is 47.9 Å². The summed E-state index contributed by atoms with van der Waals surface area (Å²) in [5.74, 6) is -0.124. The van der Waals surface area contributed by atoms with Gasteiger partial charge in [0.05, 0.1) is 23.8 Å². The van der Waals surface area contributed by atoms with E-state index in [-0.39, 0.29) is 23.8 Å². The Bertz CT molecular complexity index is 751. The molecule has 3 rings (SSSR count). The van der Waals surface area contributed by atoms with Crippen molar-refractivity contribution in [2.45, 2.75) is 17.9 Å². The van der Waals surface area contributed by atoms with Crippen molar-refractivity contribution >= 4 is 21.6 Å². The van der Waals surface area contributed by atoms with E-state index in [4.69, 9.17) is 4.42 Å². The highest BCUT2D eigenvalue weighted by Crippen LogP contribution is 2.25. The van der Waals surface area contributed by atoms with E-state index < -0.39 is 10.0 Å². The zero-order valence-electron chi connectivity index (χ0n) is 10.4. The molecular weight excluding hydrogens is 280 g/mol. The molecule has 1 aromatic carbocycles. The molecule has 0 spiro atoms. The first-order valence-corrected chi connectivity index (χ1v) is 7.46. The second kappa shape index (κ2) is 4.77. The van der Waals surface area contributed by atoms with Crippen LogP contribution in [0.3, 0.4) is 0 Å². The summed E-state index contributed by atoms with van der Waals surface area (Å²) in [7, 11) is -3.61. The molecule has 2 N–H and O–H groups in total. The number of nitrogens with one attached hydrogen (secondary N) is 2. The summed E-state index contributed by atoms with van der Waals surface area (Å²) in [6.07, 6.45) is 3.17. The second-order valence-corrected chi connectivity index (χ2v) is 6.27. The van der Waals surface area contributed by atoms with Crippen LogP contribution in [0.15, 0.2) is 46.1 Å². The highest BCUT2D eigenvalue weighted by atomic mass is 32.2. The maximum atomic E-state index is 12.2. The molecule has 1 aromatic heterocycles. The summed E-state index contributed by atoms with van der Waals surface area (Å²) in [5, 5.41) is 2.66. The Balaban J connectivity index is 1.81. The van der Waals surface area contributed by atoms with Crippen LogP contribution in [0.25, 0.3) is 0 Å². The van der Waals surface area contributed by atoms with Crippen LogP contribution in [0.1, 0.15) is 11.1 Å². The third-order valence-electron chi connectivity index (χ3n) is 3.06. The average Bonchev–Trinajstić information content (AvgIpc) is 3.03. The fourth-order valence-electron chi connectivity index (χ4n) is 2.03. The van der Waals surface area contributed by atoms with Crippen molar-refractivity contribution in [1.82, 2.24) is 4.72 Å². The SMILES string of the molecule is O=C1Cc2cc(S(=O)(=O)NCc3ccoc3)ccc2N1. The van der Waals surface area contributed by atoms with Crippen molar-refractivity contribution < 1.29 is 17.6 Å². The van der Waals surface area contributed by atoms with Gasteiger partial charge >= 0.3 is 0 Å². The zero-order valence-corrected chi connectivity index (χ0v) is 11.2. The molecule has 104 valence electrons. The summed E-state index contributed by atoms with van der Waals surface area (Å²) < 4.78 is 31.7. The van der Waals surface area contributed by atoms with Crippen molar-refractivity contribution in [2.75, 3.05) is 5.32 Å². The van der Waals surface area contributed by atoms with E-state index in [0.29, 0.717) is 11.3 Å². The van der Waals surface area contributed by atoms with Gasteiger partial charge in [-0.25, -0.2) is 13.1 Å². The molecule has 6 nitrogen and oxygen atoms in total. The number of furan rings is 1. The molecule has 1 amide bonds. The smallest absolute Gasteiger partial charge is 0.240 e. The van der Waals surface area contributed by atoms with Gasteiger partial charge in [-0.2, -0.15) is 0 Å².